The Morgan fingerprint density at radius 2 is 1.68 bits per heavy atom. The molecule has 0 bridgehead atoms. The van der Waals surface area contributed by atoms with E-state index in [4.69, 9.17) is 0 Å². The Balaban J connectivity index is 1.42. The molecule has 168 valence electrons. The van der Waals surface area contributed by atoms with Crippen LogP contribution >= 0.6 is 11.8 Å². The maximum Gasteiger partial charge on any atom is 0.246 e. The molecule has 1 heterocycles. The number of nitrogens with zero attached hydrogens (tertiary/aromatic N) is 1. The van der Waals surface area contributed by atoms with Crippen LogP contribution in [-0.4, -0.2) is 44.0 Å². The smallest absolute Gasteiger partial charge is 0.246 e. The van der Waals surface area contributed by atoms with Gasteiger partial charge in [0.05, 0.1) is 0 Å². The van der Waals surface area contributed by atoms with Crippen molar-refractivity contribution in [1.82, 2.24) is 9.62 Å². The first-order valence-electron chi connectivity index (χ1n) is 9.88. The number of hydrogen-bond acceptors (Lipinski definition) is 4. The number of carbonyl (C=O) groups is 1. The quantitative estimate of drug-likeness (QED) is 0.469. The first-order chi connectivity index (χ1) is 14.8. The number of nitrogens with one attached hydrogen (secondary N) is 1. The van der Waals surface area contributed by atoms with Gasteiger partial charge in [0.2, 0.25) is 15.9 Å². The molecule has 2 aromatic rings. The van der Waals surface area contributed by atoms with E-state index in [1.165, 1.54) is 12.1 Å². The molecule has 0 atom stereocenters. The molecule has 0 radical (unpaired) electrons. The number of rotatable bonds is 8. The van der Waals surface area contributed by atoms with E-state index in [0.29, 0.717) is 25.5 Å². The number of thioether (sulfide) groups is 1. The Hall–Kier alpha value is -2.04. The summed E-state index contributed by atoms with van der Waals surface area (Å²) in [5, 5.41) is 2.86. The number of carbonyl (C=O) groups excluding carboxylic acids is 1. The summed E-state index contributed by atoms with van der Waals surface area (Å²) < 4.78 is 66.5. The normalized spacial score (nSPS) is 15.7. The van der Waals surface area contributed by atoms with E-state index >= 15 is 0 Å². The van der Waals surface area contributed by atoms with Gasteiger partial charge in [0, 0.05) is 30.4 Å². The van der Waals surface area contributed by atoms with Gasteiger partial charge in [0.1, 0.15) is 22.3 Å². The molecule has 2 aromatic carbocycles. The molecular weight excluding hydrogens is 449 g/mol. The lowest BCUT2D eigenvalue weighted by molar-refractivity contribution is -0.126. The first kappa shape index (κ1) is 23.6. The minimum atomic E-state index is -4.16. The van der Waals surface area contributed by atoms with Crippen molar-refractivity contribution in [3.8, 4) is 0 Å². The first-order valence-corrected chi connectivity index (χ1v) is 12.3. The van der Waals surface area contributed by atoms with Crippen LogP contribution in [0, 0.1) is 23.4 Å². The second kappa shape index (κ2) is 10.5. The predicted octanol–water partition coefficient (Wildman–Crippen LogP) is 3.80. The lowest BCUT2D eigenvalue weighted by Crippen LogP contribution is -2.43. The summed E-state index contributed by atoms with van der Waals surface area (Å²) in [7, 11) is -4.16. The van der Waals surface area contributed by atoms with Gasteiger partial charge in [0.15, 0.2) is 0 Å². The molecule has 1 fully saturated rings. The van der Waals surface area contributed by atoms with Crippen molar-refractivity contribution in [3.63, 3.8) is 0 Å². The van der Waals surface area contributed by atoms with Crippen LogP contribution in [0.15, 0.2) is 52.3 Å². The van der Waals surface area contributed by atoms with Gasteiger partial charge < -0.3 is 5.32 Å². The van der Waals surface area contributed by atoms with Crippen LogP contribution in [0.3, 0.4) is 0 Å². The third-order valence-corrected chi connectivity index (χ3v) is 8.05. The van der Waals surface area contributed by atoms with Crippen molar-refractivity contribution in [2.24, 2.45) is 5.92 Å². The van der Waals surface area contributed by atoms with Crippen molar-refractivity contribution in [3.05, 3.63) is 59.9 Å². The molecule has 1 saturated heterocycles. The lowest BCUT2D eigenvalue weighted by atomic mass is 9.97. The second-order valence-corrected chi connectivity index (χ2v) is 10.3. The van der Waals surface area contributed by atoms with Crippen LogP contribution in [0.5, 0.6) is 0 Å². The van der Waals surface area contributed by atoms with Gasteiger partial charge in [-0.3, -0.25) is 4.79 Å². The molecule has 31 heavy (non-hydrogen) atoms. The van der Waals surface area contributed by atoms with Crippen molar-refractivity contribution < 1.29 is 26.4 Å². The van der Waals surface area contributed by atoms with Gasteiger partial charge in [-0.25, -0.2) is 21.6 Å². The molecule has 3 rings (SSSR count). The molecule has 1 amide bonds. The minimum Gasteiger partial charge on any atom is -0.356 e. The van der Waals surface area contributed by atoms with E-state index in [1.54, 1.807) is 23.9 Å². The number of sulfonamides is 1. The van der Waals surface area contributed by atoms with Gasteiger partial charge >= 0.3 is 0 Å². The molecule has 10 heteroatoms. The highest BCUT2D eigenvalue weighted by Crippen LogP contribution is 2.26. The van der Waals surface area contributed by atoms with Gasteiger partial charge in [-0.05, 0) is 67.5 Å². The minimum absolute atomic E-state index is 0.0663. The fourth-order valence-corrected chi connectivity index (χ4v) is 5.72. The number of amides is 1. The molecule has 1 aliphatic rings. The number of hydrogen-bond donors (Lipinski definition) is 1. The fraction of sp³-hybridized carbons (Fsp3) is 0.381. The summed E-state index contributed by atoms with van der Waals surface area (Å²) in [6.07, 6.45) is 1.36. The summed E-state index contributed by atoms with van der Waals surface area (Å²) in [4.78, 5) is 12.6. The average molecular weight is 473 g/mol. The number of benzene rings is 2. The van der Waals surface area contributed by atoms with E-state index in [9.17, 15) is 26.4 Å². The van der Waals surface area contributed by atoms with Crippen LogP contribution in [0.25, 0.3) is 0 Å². The zero-order chi connectivity index (χ0) is 22.4. The highest BCUT2D eigenvalue weighted by Gasteiger charge is 2.33. The zero-order valence-electron chi connectivity index (χ0n) is 16.7. The van der Waals surface area contributed by atoms with Gasteiger partial charge in [-0.1, -0.05) is 0 Å². The molecule has 0 aromatic heterocycles. The molecule has 0 unspecified atom stereocenters. The lowest BCUT2D eigenvalue weighted by Gasteiger charge is -2.30. The Labute approximate surface area is 184 Å². The van der Waals surface area contributed by atoms with E-state index < -0.39 is 26.6 Å². The van der Waals surface area contributed by atoms with Crippen molar-refractivity contribution >= 4 is 27.7 Å². The second-order valence-electron chi connectivity index (χ2n) is 7.20. The van der Waals surface area contributed by atoms with Crippen molar-refractivity contribution in [1.29, 1.82) is 0 Å². The Morgan fingerprint density at radius 3 is 2.35 bits per heavy atom. The van der Waals surface area contributed by atoms with Crippen LogP contribution in [0.4, 0.5) is 13.2 Å². The molecule has 0 saturated carbocycles. The SMILES string of the molecule is O=C(NCCCSc1ccc(F)cc1)C1CCN(S(=O)(=O)c2cc(F)ccc2F)CC1. The summed E-state index contributed by atoms with van der Waals surface area (Å²) in [5.41, 5.74) is 0. The third kappa shape index (κ3) is 6.24. The van der Waals surface area contributed by atoms with Gasteiger partial charge in [0.25, 0.3) is 0 Å². The standard InChI is InChI=1S/C21H23F3N2O3S2/c22-16-2-5-18(6-3-16)30-13-1-10-25-21(27)15-8-11-26(12-9-15)31(28,29)20-14-17(23)4-7-19(20)24/h2-7,14-15H,1,8-13H2,(H,25,27). The largest absolute Gasteiger partial charge is 0.356 e. The fourth-order valence-electron chi connectivity index (χ4n) is 3.32. The average Bonchev–Trinajstić information content (AvgIpc) is 2.76. The Bertz CT molecular complexity index is 1010. The Kier molecular flexibility index (Phi) is 8.01. The number of piperidine rings is 1. The monoisotopic (exact) mass is 472 g/mol. The molecule has 1 aliphatic heterocycles. The predicted molar refractivity (Wildman–Crippen MR) is 113 cm³/mol. The van der Waals surface area contributed by atoms with Crippen LogP contribution in [0.2, 0.25) is 0 Å². The molecule has 0 aliphatic carbocycles. The van der Waals surface area contributed by atoms with E-state index in [0.717, 1.165) is 33.5 Å². The van der Waals surface area contributed by atoms with Gasteiger partial charge in [-0.2, -0.15) is 4.31 Å². The molecule has 5 nitrogen and oxygen atoms in total. The molecule has 1 N–H and O–H groups in total. The van der Waals surface area contributed by atoms with Crippen LogP contribution < -0.4 is 5.32 Å². The van der Waals surface area contributed by atoms with Crippen molar-refractivity contribution in [2.45, 2.75) is 29.1 Å². The molecular formula is C21H23F3N2O3S2. The van der Waals surface area contributed by atoms with Crippen LogP contribution in [0.1, 0.15) is 19.3 Å². The summed E-state index contributed by atoms with van der Waals surface area (Å²) in [6.45, 7) is 0.619. The maximum atomic E-state index is 13.9. The van der Waals surface area contributed by atoms with Crippen molar-refractivity contribution in [2.75, 3.05) is 25.4 Å². The summed E-state index contributed by atoms with van der Waals surface area (Å²) in [6, 6.07) is 8.54. The van der Waals surface area contributed by atoms with E-state index in [2.05, 4.69) is 5.32 Å². The number of halogens is 3. The Morgan fingerprint density at radius 1 is 1.03 bits per heavy atom. The third-order valence-electron chi connectivity index (χ3n) is 5.04. The summed E-state index contributed by atoms with van der Waals surface area (Å²) >= 11 is 1.57. The topological polar surface area (TPSA) is 66.5 Å². The van der Waals surface area contributed by atoms with E-state index in [1.807, 2.05) is 0 Å². The maximum absolute atomic E-state index is 13.9. The molecule has 0 spiro atoms. The summed E-state index contributed by atoms with van der Waals surface area (Å²) in [5.74, 6) is -1.81. The highest BCUT2D eigenvalue weighted by molar-refractivity contribution is 7.99. The zero-order valence-corrected chi connectivity index (χ0v) is 18.3. The van der Waals surface area contributed by atoms with Crippen LogP contribution in [-0.2, 0) is 14.8 Å². The van der Waals surface area contributed by atoms with Gasteiger partial charge in [-0.15, -0.1) is 11.8 Å². The van der Waals surface area contributed by atoms with E-state index in [-0.39, 0.29) is 30.7 Å². The highest BCUT2D eigenvalue weighted by atomic mass is 32.2.